The summed E-state index contributed by atoms with van der Waals surface area (Å²) < 4.78 is 4.10. The summed E-state index contributed by atoms with van der Waals surface area (Å²) >= 11 is 0. The van der Waals surface area contributed by atoms with E-state index in [1.165, 1.54) is 7.11 Å². The fourth-order valence-electron chi connectivity index (χ4n) is 0. The largest absolute Gasteiger partial charge is 1.00 e. The molecule has 0 aromatic carbocycles. The topological polar surface area (TPSA) is 29.5 Å². The number of methoxy groups -OCH3 is 1. The summed E-state index contributed by atoms with van der Waals surface area (Å²) in [6, 6.07) is 0. The van der Waals surface area contributed by atoms with Crippen LogP contribution in [0.5, 0.6) is 0 Å². The van der Waals surface area contributed by atoms with E-state index in [0.29, 0.717) is 0 Å². The summed E-state index contributed by atoms with van der Waals surface area (Å²) in [5, 5.41) is 7.65. The van der Waals surface area contributed by atoms with Crippen molar-refractivity contribution in [3.05, 3.63) is 7.43 Å². The zero-order chi connectivity index (χ0) is 3.41. The van der Waals surface area contributed by atoms with Crippen molar-refractivity contribution in [1.29, 1.82) is 0 Å². The molecule has 0 saturated heterocycles. The van der Waals surface area contributed by atoms with E-state index < -0.39 is 0 Å². The van der Waals surface area contributed by atoms with Crippen molar-refractivity contribution in [1.82, 2.24) is 0 Å². The van der Waals surface area contributed by atoms with Crippen molar-refractivity contribution < 1.29 is 28.7 Å². The molecule has 0 unspecified atom stereocenters. The number of hydrogen-bond donors (Lipinski definition) is 1. The SMILES string of the molecule is COCO.[CH3-].[Li+]. The molecule has 3 heteroatoms. The fraction of sp³-hybridized carbons (Fsp3) is 0.667. The minimum atomic E-state index is -0.181. The molecule has 0 saturated carbocycles. The van der Waals surface area contributed by atoms with Gasteiger partial charge in [-0.2, -0.15) is 0 Å². The molecule has 0 bridgehead atoms. The zero-order valence-corrected chi connectivity index (χ0v) is 4.56. The van der Waals surface area contributed by atoms with Crippen LogP contribution < -0.4 is 18.9 Å². The molecule has 0 radical (unpaired) electrons. The molecule has 34 valence electrons. The molecular formula is C3H9LiO2. The first-order valence-corrected chi connectivity index (χ1v) is 1.01. The van der Waals surface area contributed by atoms with Crippen LogP contribution in [-0.4, -0.2) is 19.0 Å². The molecule has 0 heterocycles. The molecule has 0 fully saturated rings. The van der Waals surface area contributed by atoms with Gasteiger partial charge in [0.15, 0.2) is 0 Å². The van der Waals surface area contributed by atoms with Gasteiger partial charge in [0.05, 0.1) is 0 Å². The fourth-order valence-corrected chi connectivity index (χ4v) is 0. The van der Waals surface area contributed by atoms with Gasteiger partial charge in [-0.05, 0) is 0 Å². The zero-order valence-electron chi connectivity index (χ0n) is 4.56. The Morgan fingerprint density at radius 2 is 1.83 bits per heavy atom. The molecule has 0 rings (SSSR count). The third-order valence-corrected chi connectivity index (χ3v) is 0.129. The Kier molecular flexibility index (Phi) is 47.5. The Morgan fingerprint density at radius 3 is 1.83 bits per heavy atom. The van der Waals surface area contributed by atoms with E-state index in [0.717, 1.165) is 0 Å². The summed E-state index contributed by atoms with van der Waals surface area (Å²) in [7, 11) is 1.43. The number of aliphatic hydroxyl groups is 1. The van der Waals surface area contributed by atoms with E-state index in [1.54, 1.807) is 0 Å². The van der Waals surface area contributed by atoms with Crippen LogP contribution in [0.25, 0.3) is 0 Å². The third kappa shape index (κ3) is 24.3. The Morgan fingerprint density at radius 1 is 1.67 bits per heavy atom. The van der Waals surface area contributed by atoms with Gasteiger partial charge in [0.25, 0.3) is 0 Å². The molecule has 2 nitrogen and oxygen atoms in total. The number of hydrogen-bond acceptors (Lipinski definition) is 2. The maximum atomic E-state index is 7.65. The second-order valence-electron chi connectivity index (χ2n) is 0.418. The van der Waals surface area contributed by atoms with Crippen LogP contribution in [0.3, 0.4) is 0 Å². The predicted octanol–water partition coefficient (Wildman–Crippen LogP) is -2.96. The van der Waals surface area contributed by atoms with Gasteiger partial charge in [-0.3, -0.25) is 0 Å². The maximum Gasteiger partial charge on any atom is 1.00 e. The first-order chi connectivity index (χ1) is 1.91. The van der Waals surface area contributed by atoms with Crippen molar-refractivity contribution in [3.8, 4) is 0 Å². The minimum absolute atomic E-state index is 0. The molecule has 0 atom stereocenters. The Labute approximate surface area is 50.7 Å². The van der Waals surface area contributed by atoms with E-state index in [4.69, 9.17) is 5.11 Å². The molecule has 6 heavy (non-hydrogen) atoms. The summed E-state index contributed by atoms with van der Waals surface area (Å²) in [4.78, 5) is 0. The molecule has 0 aliphatic heterocycles. The first kappa shape index (κ1) is 16.0. The van der Waals surface area contributed by atoms with Crippen LogP contribution in [-0.2, 0) is 4.74 Å². The maximum absolute atomic E-state index is 7.65. The second kappa shape index (κ2) is 17.8. The third-order valence-electron chi connectivity index (χ3n) is 0.129. The van der Waals surface area contributed by atoms with Gasteiger partial charge in [0.1, 0.15) is 6.79 Å². The van der Waals surface area contributed by atoms with E-state index in [-0.39, 0.29) is 33.1 Å². The van der Waals surface area contributed by atoms with E-state index >= 15 is 0 Å². The summed E-state index contributed by atoms with van der Waals surface area (Å²) in [5.74, 6) is 0. The van der Waals surface area contributed by atoms with Crippen molar-refractivity contribution in [2.24, 2.45) is 0 Å². The summed E-state index contributed by atoms with van der Waals surface area (Å²) in [5.41, 5.74) is 0. The van der Waals surface area contributed by atoms with Gasteiger partial charge in [0, 0.05) is 7.11 Å². The summed E-state index contributed by atoms with van der Waals surface area (Å²) in [6.45, 7) is -0.181. The van der Waals surface area contributed by atoms with Crippen LogP contribution in [0.2, 0.25) is 0 Å². The smallest absolute Gasteiger partial charge is 0.371 e. The van der Waals surface area contributed by atoms with Crippen LogP contribution in [0.4, 0.5) is 0 Å². The van der Waals surface area contributed by atoms with Gasteiger partial charge in [-0.1, -0.05) is 0 Å². The van der Waals surface area contributed by atoms with Crippen LogP contribution in [0.15, 0.2) is 0 Å². The first-order valence-electron chi connectivity index (χ1n) is 1.01. The van der Waals surface area contributed by atoms with Crippen molar-refractivity contribution in [3.63, 3.8) is 0 Å². The number of ether oxygens (including phenoxy) is 1. The Hall–Kier alpha value is 0.517. The van der Waals surface area contributed by atoms with Crippen LogP contribution in [0.1, 0.15) is 0 Å². The minimum Gasteiger partial charge on any atom is -0.371 e. The standard InChI is InChI=1S/C2H6O2.CH3.Li/c1-4-2-3;;/h3H,2H2,1H3;1H3;/q;-1;+1. The van der Waals surface area contributed by atoms with Crippen molar-refractivity contribution >= 4 is 0 Å². The van der Waals surface area contributed by atoms with E-state index in [2.05, 4.69) is 4.74 Å². The molecule has 0 amide bonds. The summed E-state index contributed by atoms with van der Waals surface area (Å²) in [6.07, 6.45) is 0. The van der Waals surface area contributed by atoms with Crippen LogP contribution >= 0.6 is 0 Å². The average molecular weight is 84.0 g/mol. The molecule has 0 aromatic rings. The van der Waals surface area contributed by atoms with Gasteiger partial charge < -0.3 is 17.3 Å². The Bertz CT molecular complexity index is 10.8. The number of rotatable bonds is 1. The number of aliphatic hydroxyl groups excluding tert-OH is 1. The van der Waals surface area contributed by atoms with Gasteiger partial charge in [0.2, 0.25) is 0 Å². The van der Waals surface area contributed by atoms with Crippen molar-refractivity contribution in [2.45, 2.75) is 0 Å². The second-order valence-corrected chi connectivity index (χ2v) is 0.418. The van der Waals surface area contributed by atoms with Crippen LogP contribution in [0, 0.1) is 7.43 Å². The molecule has 0 aromatic heterocycles. The molecule has 0 aliphatic carbocycles. The van der Waals surface area contributed by atoms with Gasteiger partial charge >= 0.3 is 18.9 Å². The normalized spacial score (nSPS) is 5.00. The monoisotopic (exact) mass is 84.1 g/mol. The molecule has 0 aliphatic rings. The quantitative estimate of drug-likeness (QED) is 0.209. The van der Waals surface area contributed by atoms with Crippen molar-refractivity contribution in [2.75, 3.05) is 13.9 Å². The molecule has 0 spiro atoms. The van der Waals surface area contributed by atoms with Gasteiger partial charge in [-0.15, -0.1) is 0 Å². The van der Waals surface area contributed by atoms with E-state index in [1.807, 2.05) is 0 Å². The van der Waals surface area contributed by atoms with Gasteiger partial charge in [-0.25, -0.2) is 0 Å². The predicted molar refractivity (Wildman–Crippen MR) is 20.5 cm³/mol. The molecular weight excluding hydrogens is 75.0 g/mol. The molecule has 1 N–H and O–H groups in total. The van der Waals surface area contributed by atoms with E-state index in [9.17, 15) is 0 Å². The Balaban J connectivity index is -0.0000000450. The average Bonchev–Trinajstić information content (AvgIpc) is 1.37.